The third-order valence-electron chi connectivity index (χ3n) is 4.30. The standard InChI is InChI=1S/C18H33N5OS.HI/c1-4-19-18(21-9-7-17-22-15(2)16(3)25-17)20-8-5-6-10-23-11-13-24-14-12-23;/h4-14H2,1-3H3,(H2,19,20,21);1H. The van der Waals surface area contributed by atoms with Crippen molar-refractivity contribution in [3.05, 3.63) is 15.6 Å². The van der Waals surface area contributed by atoms with Crippen LogP contribution in [0.4, 0.5) is 0 Å². The average Bonchev–Trinajstić information content (AvgIpc) is 2.93. The Balaban J connectivity index is 0.00000338. The van der Waals surface area contributed by atoms with Crippen molar-refractivity contribution in [2.45, 2.75) is 40.0 Å². The molecule has 2 N–H and O–H groups in total. The fraction of sp³-hybridized carbons (Fsp3) is 0.778. The number of unbranched alkanes of at least 4 members (excludes halogenated alkanes) is 1. The smallest absolute Gasteiger partial charge is 0.191 e. The van der Waals surface area contributed by atoms with Crippen LogP contribution < -0.4 is 10.6 Å². The predicted octanol–water partition coefficient (Wildman–Crippen LogP) is 2.59. The summed E-state index contributed by atoms with van der Waals surface area (Å²) in [5.41, 5.74) is 1.15. The summed E-state index contributed by atoms with van der Waals surface area (Å²) >= 11 is 1.79. The molecule has 1 aromatic rings. The van der Waals surface area contributed by atoms with E-state index in [9.17, 15) is 0 Å². The third kappa shape index (κ3) is 8.96. The summed E-state index contributed by atoms with van der Waals surface area (Å²) in [5.74, 6) is 0.916. The first-order valence-electron chi connectivity index (χ1n) is 9.44. The van der Waals surface area contributed by atoms with Gasteiger partial charge in [0.2, 0.25) is 0 Å². The van der Waals surface area contributed by atoms with Gasteiger partial charge in [0, 0.05) is 44.0 Å². The topological polar surface area (TPSA) is 61.8 Å². The van der Waals surface area contributed by atoms with Crippen molar-refractivity contribution in [2.75, 3.05) is 52.5 Å². The molecular weight excluding hydrogens is 461 g/mol. The van der Waals surface area contributed by atoms with Crippen LogP contribution in [0.3, 0.4) is 0 Å². The van der Waals surface area contributed by atoms with Crippen molar-refractivity contribution >= 4 is 41.3 Å². The minimum absolute atomic E-state index is 0. The SMILES string of the molecule is CCNC(=NCCCCN1CCOCC1)NCCc1nc(C)c(C)s1.I. The molecule has 1 fully saturated rings. The largest absolute Gasteiger partial charge is 0.379 e. The van der Waals surface area contributed by atoms with E-state index in [-0.39, 0.29) is 24.0 Å². The van der Waals surface area contributed by atoms with Gasteiger partial charge in [0.1, 0.15) is 0 Å². The zero-order chi connectivity index (χ0) is 17.9. The Morgan fingerprint density at radius 2 is 2.00 bits per heavy atom. The number of thiazole rings is 1. The van der Waals surface area contributed by atoms with Crippen molar-refractivity contribution in [3.8, 4) is 0 Å². The maximum absolute atomic E-state index is 5.38. The van der Waals surface area contributed by atoms with Gasteiger partial charge < -0.3 is 15.4 Å². The first-order chi connectivity index (χ1) is 12.2. The molecule has 1 aliphatic rings. The average molecular weight is 495 g/mol. The van der Waals surface area contributed by atoms with Crippen molar-refractivity contribution in [1.29, 1.82) is 0 Å². The second kappa shape index (κ2) is 13.7. The van der Waals surface area contributed by atoms with Crippen LogP contribution in [0.5, 0.6) is 0 Å². The Bertz CT molecular complexity index is 512. The summed E-state index contributed by atoms with van der Waals surface area (Å²) in [7, 11) is 0. The fourth-order valence-electron chi connectivity index (χ4n) is 2.74. The number of nitrogens with one attached hydrogen (secondary N) is 2. The van der Waals surface area contributed by atoms with E-state index < -0.39 is 0 Å². The van der Waals surface area contributed by atoms with Gasteiger partial charge in [-0.05, 0) is 40.2 Å². The van der Waals surface area contributed by atoms with Gasteiger partial charge in [-0.15, -0.1) is 35.3 Å². The number of hydrogen-bond acceptors (Lipinski definition) is 5. The molecule has 1 aromatic heterocycles. The van der Waals surface area contributed by atoms with Gasteiger partial charge >= 0.3 is 0 Å². The Hall–Kier alpha value is -0.450. The summed E-state index contributed by atoms with van der Waals surface area (Å²) in [6.45, 7) is 14.0. The highest BCUT2D eigenvalue weighted by Crippen LogP contribution is 2.16. The summed E-state index contributed by atoms with van der Waals surface area (Å²) in [5, 5.41) is 7.94. The van der Waals surface area contributed by atoms with Crippen LogP contribution in [-0.2, 0) is 11.2 Å². The number of aliphatic imine (C=N–C) groups is 1. The van der Waals surface area contributed by atoms with Gasteiger partial charge in [-0.2, -0.15) is 0 Å². The maximum atomic E-state index is 5.38. The van der Waals surface area contributed by atoms with Crippen molar-refractivity contribution < 1.29 is 4.74 Å². The number of nitrogens with zero attached hydrogens (tertiary/aromatic N) is 3. The molecule has 0 saturated carbocycles. The molecule has 0 radical (unpaired) electrons. The number of guanidine groups is 1. The van der Waals surface area contributed by atoms with Crippen LogP contribution in [0.25, 0.3) is 0 Å². The zero-order valence-electron chi connectivity index (χ0n) is 16.3. The highest BCUT2D eigenvalue weighted by molar-refractivity contribution is 14.0. The second-order valence-electron chi connectivity index (χ2n) is 6.35. The summed E-state index contributed by atoms with van der Waals surface area (Å²) in [6, 6.07) is 0. The van der Waals surface area contributed by atoms with E-state index >= 15 is 0 Å². The van der Waals surface area contributed by atoms with Gasteiger partial charge in [0.25, 0.3) is 0 Å². The number of hydrogen-bond donors (Lipinski definition) is 2. The molecule has 0 atom stereocenters. The Morgan fingerprint density at radius 1 is 1.23 bits per heavy atom. The molecule has 2 heterocycles. The molecule has 2 rings (SSSR count). The van der Waals surface area contributed by atoms with Crippen molar-refractivity contribution in [3.63, 3.8) is 0 Å². The predicted molar refractivity (Wildman–Crippen MR) is 121 cm³/mol. The molecule has 0 aliphatic carbocycles. The van der Waals surface area contributed by atoms with E-state index in [4.69, 9.17) is 4.74 Å². The lowest BCUT2D eigenvalue weighted by Gasteiger charge is -2.26. The number of aromatic nitrogens is 1. The van der Waals surface area contributed by atoms with Crippen LogP contribution in [0.1, 0.15) is 35.3 Å². The Labute approximate surface area is 179 Å². The van der Waals surface area contributed by atoms with Gasteiger partial charge in [-0.25, -0.2) is 4.98 Å². The number of aryl methyl sites for hydroxylation is 2. The highest BCUT2D eigenvalue weighted by Gasteiger charge is 2.09. The Kier molecular flexibility index (Phi) is 12.4. The van der Waals surface area contributed by atoms with Crippen molar-refractivity contribution in [1.82, 2.24) is 20.5 Å². The lowest BCUT2D eigenvalue weighted by Crippen LogP contribution is -2.38. The highest BCUT2D eigenvalue weighted by atomic mass is 127. The molecule has 6 nitrogen and oxygen atoms in total. The molecule has 150 valence electrons. The zero-order valence-corrected chi connectivity index (χ0v) is 19.5. The number of rotatable bonds is 9. The molecule has 0 unspecified atom stereocenters. The number of ether oxygens (including phenoxy) is 1. The minimum atomic E-state index is 0. The summed E-state index contributed by atoms with van der Waals surface area (Å²) < 4.78 is 5.38. The van der Waals surface area contributed by atoms with Crippen LogP contribution in [0.2, 0.25) is 0 Å². The van der Waals surface area contributed by atoms with Crippen LogP contribution in [0, 0.1) is 13.8 Å². The lowest BCUT2D eigenvalue weighted by atomic mass is 10.3. The molecule has 8 heteroatoms. The van der Waals surface area contributed by atoms with Gasteiger partial charge in [-0.1, -0.05) is 0 Å². The van der Waals surface area contributed by atoms with E-state index in [0.717, 1.165) is 77.0 Å². The van der Waals surface area contributed by atoms with E-state index in [0.29, 0.717) is 0 Å². The van der Waals surface area contributed by atoms with Crippen LogP contribution in [0.15, 0.2) is 4.99 Å². The maximum Gasteiger partial charge on any atom is 0.191 e. The minimum Gasteiger partial charge on any atom is -0.379 e. The molecule has 0 amide bonds. The summed E-state index contributed by atoms with van der Waals surface area (Å²) in [6.07, 6.45) is 3.26. The molecule has 0 spiro atoms. The van der Waals surface area contributed by atoms with Crippen LogP contribution >= 0.6 is 35.3 Å². The third-order valence-corrected chi connectivity index (χ3v) is 5.44. The molecular formula is C18H34IN5OS. The Morgan fingerprint density at radius 3 is 2.65 bits per heavy atom. The van der Waals surface area contributed by atoms with Gasteiger partial charge in [0.15, 0.2) is 5.96 Å². The van der Waals surface area contributed by atoms with Crippen molar-refractivity contribution in [2.24, 2.45) is 4.99 Å². The van der Waals surface area contributed by atoms with E-state index in [2.05, 4.69) is 46.3 Å². The first kappa shape index (κ1) is 23.6. The van der Waals surface area contributed by atoms with Crippen LogP contribution in [-0.4, -0.2) is 68.3 Å². The lowest BCUT2D eigenvalue weighted by molar-refractivity contribution is 0.0373. The van der Waals surface area contributed by atoms with E-state index in [1.165, 1.54) is 16.3 Å². The summed E-state index contributed by atoms with van der Waals surface area (Å²) in [4.78, 5) is 13.1. The van der Waals surface area contributed by atoms with E-state index in [1.807, 2.05) is 0 Å². The fourth-order valence-corrected chi connectivity index (χ4v) is 3.67. The normalized spacial score (nSPS) is 15.6. The second-order valence-corrected chi connectivity index (χ2v) is 7.64. The quantitative estimate of drug-likeness (QED) is 0.239. The monoisotopic (exact) mass is 495 g/mol. The number of halogens is 1. The molecule has 1 saturated heterocycles. The van der Waals surface area contributed by atoms with Gasteiger partial charge in [-0.3, -0.25) is 9.89 Å². The molecule has 1 aliphatic heterocycles. The number of morpholine rings is 1. The molecule has 0 aromatic carbocycles. The van der Waals surface area contributed by atoms with E-state index in [1.54, 1.807) is 11.3 Å². The molecule has 26 heavy (non-hydrogen) atoms. The molecule has 0 bridgehead atoms. The van der Waals surface area contributed by atoms with Gasteiger partial charge in [0.05, 0.1) is 23.9 Å². The first-order valence-corrected chi connectivity index (χ1v) is 10.3.